The summed E-state index contributed by atoms with van der Waals surface area (Å²) >= 11 is 0. The summed E-state index contributed by atoms with van der Waals surface area (Å²) in [5.41, 5.74) is 5.28. The van der Waals surface area contributed by atoms with Gasteiger partial charge < -0.3 is 5.32 Å². The number of benzene rings is 2. The van der Waals surface area contributed by atoms with Crippen molar-refractivity contribution in [3.8, 4) is 17.1 Å². The van der Waals surface area contributed by atoms with Crippen LogP contribution in [0.4, 0.5) is 11.4 Å². The number of aryl methyl sites for hydroxylation is 2. The van der Waals surface area contributed by atoms with Gasteiger partial charge in [0.2, 0.25) is 0 Å². The number of hydrogen-bond acceptors (Lipinski definition) is 4. The van der Waals surface area contributed by atoms with Crippen molar-refractivity contribution in [1.29, 1.82) is 0 Å². The Morgan fingerprint density at radius 2 is 1.78 bits per heavy atom. The zero-order valence-corrected chi connectivity index (χ0v) is 15.4. The lowest BCUT2D eigenvalue weighted by atomic mass is 10.2. The molecule has 4 rings (SSSR count). The SMILES string of the molecule is CCc1nc(-c2cccnc2)nn1-c1ccc(Nc2ccccc2C)cc1. The Balaban J connectivity index is 1.62. The number of para-hydroxylation sites is 1. The minimum Gasteiger partial charge on any atom is -0.355 e. The third kappa shape index (κ3) is 3.58. The molecule has 5 heteroatoms. The Labute approximate surface area is 158 Å². The molecule has 0 radical (unpaired) electrons. The first-order valence-corrected chi connectivity index (χ1v) is 9.04. The summed E-state index contributed by atoms with van der Waals surface area (Å²) in [6.45, 7) is 4.18. The van der Waals surface area contributed by atoms with E-state index >= 15 is 0 Å². The van der Waals surface area contributed by atoms with E-state index in [1.807, 2.05) is 28.9 Å². The van der Waals surface area contributed by atoms with E-state index in [-0.39, 0.29) is 0 Å². The molecular formula is C22H21N5. The summed E-state index contributed by atoms with van der Waals surface area (Å²) in [6.07, 6.45) is 4.34. The fourth-order valence-electron chi connectivity index (χ4n) is 2.95. The lowest BCUT2D eigenvalue weighted by molar-refractivity contribution is 0.802. The second kappa shape index (κ2) is 7.41. The number of pyridine rings is 1. The number of aromatic nitrogens is 4. The highest BCUT2D eigenvalue weighted by molar-refractivity contribution is 5.64. The molecular weight excluding hydrogens is 334 g/mol. The highest BCUT2D eigenvalue weighted by Gasteiger charge is 2.12. The average Bonchev–Trinajstić information content (AvgIpc) is 3.15. The number of rotatable bonds is 5. The van der Waals surface area contributed by atoms with Gasteiger partial charge in [-0.25, -0.2) is 9.67 Å². The largest absolute Gasteiger partial charge is 0.355 e. The molecule has 4 aromatic rings. The summed E-state index contributed by atoms with van der Waals surface area (Å²) in [6, 6.07) is 20.4. The van der Waals surface area contributed by atoms with E-state index < -0.39 is 0 Å². The Morgan fingerprint density at radius 3 is 2.48 bits per heavy atom. The maximum atomic E-state index is 4.69. The topological polar surface area (TPSA) is 55.6 Å². The van der Waals surface area contributed by atoms with Crippen molar-refractivity contribution in [2.75, 3.05) is 5.32 Å². The van der Waals surface area contributed by atoms with E-state index in [4.69, 9.17) is 5.10 Å². The smallest absolute Gasteiger partial charge is 0.183 e. The normalized spacial score (nSPS) is 10.7. The summed E-state index contributed by atoms with van der Waals surface area (Å²) in [7, 11) is 0. The molecule has 27 heavy (non-hydrogen) atoms. The van der Waals surface area contributed by atoms with Crippen molar-refractivity contribution in [3.63, 3.8) is 0 Å². The summed E-state index contributed by atoms with van der Waals surface area (Å²) < 4.78 is 1.90. The van der Waals surface area contributed by atoms with Crippen LogP contribution in [0.2, 0.25) is 0 Å². The van der Waals surface area contributed by atoms with Gasteiger partial charge in [0.1, 0.15) is 5.82 Å². The molecule has 0 fully saturated rings. The number of nitrogens with one attached hydrogen (secondary N) is 1. The summed E-state index contributed by atoms with van der Waals surface area (Å²) in [5, 5.41) is 8.15. The highest BCUT2D eigenvalue weighted by atomic mass is 15.3. The van der Waals surface area contributed by atoms with E-state index in [0.29, 0.717) is 5.82 Å². The molecule has 0 amide bonds. The maximum Gasteiger partial charge on any atom is 0.183 e. The molecule has 1 N–H and O–H groups in total. The fraction of sp³-hybridized carbons (Fsp3) is 0.136. The molecule has 134 valence electrons. The van der Waals surface area contributed by atoms with Crippen LogP contribution in [0, 0.1) is 6.92 Å². The molecule has 2 heterocycles. The highest BCUT2D eigenvalue weighted by Crippen LogP contribution is 2.23. The zero-order valence-electron chi connectivity index (χ0n) is 15.4. The maximum absolute atomic E-state index is 4.69. The molecule has 0 aliphatic carbocycles. The predicted molar refractivity (Wildman–Crippen MR) is 108 cm³/mol. The molecule has 0 spiro atoms. The van der Waals surface area contributed by atoms with Crippen LogP contribution in [-0.2, 0) is 6.42 Å². The van der Waals surface area contributed by atoms with Gasteiger partial charge in [0.05, 0.1) is 5.69 Å². The van der Waals surface area contributed by atoms with E-state index in [9.17, 15) is 0 Å². The average molecular weight is 355 g/mol. The molecule has 0 aliphatic rings. The van der Waals surface area contributed by atoms with E-state index in [1.54, 1.807) is 12.4 Å². The first-order chi connectivity index (χ1) is 13.2. The van der Waals surface area contributed by atoms with Gasteiger partial charge in [-0.15, -0.1) is 5.10 Å². The first-order valence-electron chi connectivity index (χ1n) is 9.04. The number of hydrogen-bond donors (Lipinski definition) is 1. The van der Waals surface area contributed by atoms with Crippen molar-refractivity contribution in [2.45, 2.75) is 20.3 Å². The third-order valence-corrected chi connectivity index (χ3v) is 4.45. The molecule has 5 nitrogen and oxygen atoms in total. The van der Waals surface area contributed by atoms with E-state index in [0.717, 1.165) is 34.9 Å². The standard InChI is InChI=1S/C22H21N5/c1-3-21-25-22(17-8-6-14-23-15-17)26-27(21)19-12-10-18(11-13-19)24-20-9-5-4-7-16(20)2/h4-15,24H,3H2,1-2H3. The van der Waals surface area contributed by atoms with Crippen LogP contribution in [0.3, 0.4) is 0 Å². The van der Waals surface area contributed by atoms with Crippen molar-refractivity contribution >= 4 is 11.4 Å². The second-order valence-corrected chi connectivity index (χ2v) is 6.35. The fourth-order valence-corrected chi connectivity index (χ4v) is 2.95. The van der Waals surface area contributed by atoms with Crippen LogP contribution in [0.5, 0.6) is 0 Å². The van der Waals surface area contributed by atoms with Gasteiger partial charge in [0.15, 0.2) is 5.82 Å². The molecule has 0 bridgehead atoms. The van der Waals surface area contributed by atoms with Gasteiger partial charge in [0, 0.05) is 35.8 Å². The van der Waals surface area contributed by atoms with E-state index in [1.165, 1.54) is 5.56 Å². The van der Waals surface area contributed by atoms with Crippen LogP contribution in [-0.4, -0.2) is 19.7 Å². The van der Waals surface area contributed by atoms with Gasteiger partial charge >= 0.3 is 0 Å². The quantitative estimate of drug-likeness (QED) is 0.551. The van der Waals surface area contributed by atoms with Gasteiger partial charge in [-0.2, -0.15) is 0 Å². The summed E-state index contributed by atoms with van der Waals surface area (Å²) in [4.78, 5) is 8.83. The van der Waals surface area contributed by atoms with Crippen LogP contribution in [0.15, 0.2) is 73.1 Å². The predicted octanol–water partition coefficient (Wildman–Crippen LogP) is 4.94. The van der Waals surface area contributed by atoms with E-state index in [2.05, 4.69) is 65.5 Å². The zero-order chi connectivity index (χ0) is 18.6. The van der Waals surface area contributed by atoms with Crippen LogP contribution < -0.4 is 5.32 Å². The lowest BCUT2D eigenvalue weighted by Crippen LogP contribution is -2.02. The molecule has 0 saturated carbocycles. The third-order valence-electron chi connectivity index (χ3n) is 4.45. The van der Waals surface area contributed by atoms with Crippen molar-refractivity contribution in [2.24, 2.45) is 0 Å². The van der Waals surface area contributed by atoms with Crippen LogP contribution in [0.1, 0.15) is 18.3 Å². The van der Waals surface area contributed by atoms with Gasteiger partial charge in [0.25, 0.3) is 0 Å². The molecule has 0 saturated heterocycles. The Morgan fingerprint density at radius 1 is 0.963 bits per heavy atom. The monoisotopic (exact) mass is 355 g/mol. The van der Waals surface area contributed by atoms with Gasteiger partial charge in [-0.05, 0) is 55.0 Å². The molecule has 0 aliphatic heterocycles. The minimum absolute atomic E-state index is 0.696. The Hall–Kier alpha value is -3.47. The number of anilines is 2. The van der Waals surface area contributed by atoms with Gasteiger partial charge in [-0.3, -0.25) is 4.98 Å². The lowest BCUT2D eigenvalue weighted by Gasteiger charge is -2.10. The Kier molecular flexibility index (Phi) is 4.66. The van der Waals surface area contributed by atoms with Crippen molar-refractivity contribution in [3.05, 3.63) is 84.4 Å². The molecule has 0 atom stereocenters. The molecule has 2 aromatic heterocycles. The minimum atomic E-state index is 0.696. The van der Waals surface area contributed by atoms with Gasteiger partial charge in [-0.1, -0.05) is 25.1 Å². The molecule has 2 aromatic carbocycles. The first kappa shape index (κ1) is 17.0. The summed E-state index contributed by atoms with van der Waals surface area (Å²) in [5.74, 6) is 1.62. The van der Waals surface area contributed by atoms with Crippen LogP contribution in [0.25, 0.3) is 17.1 Å². The number of nitrogens with zero attached hydrogens (tertiary/aromatic N) is 4. The second-order valence-electron chi connectivity index (χ2n) is 6.35. The Bertz CT molecular complexity index is 1040. The van der Waals surface area contributed by atoms with Crippen molar-refractivity contribution < 1.29 is 0 Å². The molecule has 0 unspecified atom stereocenters. The van der Waals surface area contributed by atoms with Crippen molar-refractivity contribution in [1.82, 2.24) is 19.7 Å². The van der Waals surface area contributed by atoms with Crippen LogP contribution >= 0.6 is 0 Å².